The summed E-state index contributed by atoms with van der Waals surface area (Å²) in [6.07, 6.45) is 8.05. The first kappa shape index (κ1) is 30.5. The molecule has 1 aliphatic carbocycles. The smallest absolute Gasteiger partial charge is 0.335 e. The average molecular weight is 656 g/mol. The molecule has 1 fully saturated rings. The Morgan fingerprint density at radius 2 is 1.65 bits per heavy atom. The Kier molecular flexibility index (Phi) is 8.05. The summed E-state index contributed by atoms with van der Waals surface area (Å²) in [5.74, 6) is 0.326. The van der Waals surface area contributed by atoms with Gasteiger partial charge in [0.25, 0.3) is 0 Å². The third kappa shape index (κ3) is 5.38. The third-order valence-corrected chi connectivity index (χ3v) is 10.5. The van der Waals surface area contributed by atoms with Crippen molar-refractivity contribution in [3.05, 3.63) is 101 Å². The number of hydrogen-bond donors (Lipinski definition) is 2. The standard InChI is InChI=1S/C41H38ClN3O3/c1-48-29-14-16-30(25-9-12-28(42)13-10-25)34(24-29)36-19-17-31-35(44-36)20-18-33-39(31)43-21-5-6-22-45-37-23-27(41(46)47)11-15-32(37)38(40(33)45)26-7-3-2-4-8-26/h9-20,23-24,26,43H,2-8,21-22H2,1H3,(H,46,47). The minimum Gasteiger partial charge on any atom is -0.497 e. The molecule has 242 valence electrons. The number of halogens is 1. The summed E-state index contributed by atoms with van der Waals surface area (Å²) in [7, 11) is 1.68. The number of hydrogen-bond acceptors (Lipinski definition) is 4. The number of pyridine rings is 1. The van der Waals surface area contributed by atoms with Gasteiger partial charge in [-0.1, -0.05) is 55.1 Å². The number of methoxy groups -OCH3 is 1. The molecule has 6 aromatic rings. The number of rotatable bonds is 5. The number of carboxylic acid groups (broad SMARTS) is 1. The first-order valence-corrected chi connectivity index (χ1v) is 17.4. The molecule has 1 aliphatic heterocycles. The minimum atomic E-state index is -0.889. The molecule has 48 heavy (non-hydrogen) atoms. The van der Waals surface area contributed by atoms with Crippen molar-refractivity contribution >= 4 is 45.1 Å². The quantitative estimate of drug-likeness (QED) is 0.193. The van der Waals surface area contributed by atoms with Crippen molar-refractivity contribution < 1.29 is 14.6 Å². The fraction of sp³-hybridized carbons (Fsp3) is 0.268. The Hall–Kier alpha value is -4.81. The van der Waals surface area contributed by atoms with Crippen molar-refractivity contribution in [3.63, 3.8) is 0 Å². The molecule has 0 bridgehead atoms. The Bertz CT molecular complexity index is 2180. The topological polar surface area (TPSA) is 76.4 Å². The lowest BCUT2D eigenvalue weighted by Crippen LogP contribution is -2.08. The SMILES string of the molecule is COc1ccc(-c2ccc(Cl)cc2)c(-c2ccc3c4c(ccc3n2)-c2c(C3CCCCC3)c3ccc(C(=O)O)cc3n2CCCCN4)c1. The molecule has 0 saturated heterocycles. The Labute approximate surface area is 285 Å². The Morgan fingerprint density at radius 3 is 2.44 bits per heavy atom. The highest BCUT2D eigenvalue weighted by Crippen LogP contribution is 2.48. The van der Waals surface area contributed by atoms with E-state index in [1.807, 2.05) is 36.4 Å². The van der Waals surface area contributed by atoms with Crippen LogP contribution in [0.25, 0.3) is 55.4 Å². The summed E-state index contributed by atoms with van der Waals surface area (Å²) < 4.78 is 8.05. The highest BCUT2D eigenvalue weighted by Gasteiger charge is 2.29. The number of ether oxygens (including phenoxy) is 1. The molecule has 8 rings (SSSR count). The molecule has 0 radical (unpaired) electrons. The molecule has 2 N–H and O–H groups in total. The summed E-state index contributed by atoms with van der Waals surface area (Å²) >= 11 is 6.22. The van der Waals surface area contributed by atoms with E-state index in [2.05, 4.69) is 52.3 Å². The second-order valence-corrected chi connectivity index (χ2v) is 13.5. The van der Waals surface area contributed by atoms with Crippen LogP contribution in [-0.4, -0.2) is 34.3 Å². The summed E-state index contributed by atoms with van der Waals surface area (Å²) in [4.78, 5) is 17.3. The van der Waals surface area contributed by atoms with Crippen LogP contribution in [0.5, 0.6) is 5.75 Å². The van der Waals surface area contributed by atoms with E-state index in [1.165, 1.54) is 35.9 Å². The molecule has 2 aromatic heterocycles. The van der Waals surface area contributed by atoms with Gasteiger partial charge in [0.1, 0.15) is 5.75 Å². The van der Waals surface area contributed by atoms with E-state index in [9.17, 15) is 9.90 Å². The van der Waals surface area contributed by atoms with E-state index < -0.39 is 5.97 Å². The van der Waals surface area contributed by atoms with Gasteiger partial charge < -0.3 is 19.7 Å². The number of carbonyl (C=O) groups is 1. The number of carboxylic acids is 1. The maximum absolute atomic E-state index is 12.1. The predicted octanol–water partition coefficient (Wildman–Crippen LogP) is 10.8. The summed E-state index contributed by atoms with van der Waals surface area (Å²) in [6, 6.07) is 28.4. The zero-order valence-electron chi connectivity index (χ0n) is 27.1. The summed E-state index contributed by atoms with van der Waals surface area (Å²) in [6.45, 7) is 1.70. The van der Waals surface area contributed by atoms with E-state index in [1.54, 1.807) is 13.2 Å². The van der Waals surface area contributed by atoms with Crippen LogP contribution >= 0.6 is 11.6 Å². The van der Waals surface area contributed by atoms with Gasteiger partial charge in [-0.3, -0.25) is 0 Å². The number of aromatic carboxylic acids is 1. The van der Waals surface area contributed by atoms with Crippen molar-refractivity contribution in [1.29, 1.82) is 0 Å². The largest absolute Gasteiger partial charge is 0.497 e. The highest BCUT2D eigenvalue weighted by atomic mass is 35.5. The molecule has 0 amide bonds. The van der Waals surface area contributed by atoms with Crippen LogP contribution in [0, 0.1) is 0 Å². The molecule has 3 heterocycles. The number of fused-ring (bicyclic) bond motifs is 7. The molecule has 4 aromatic carbocycles. The molecule has 6 nitrogen and oxygen atoms in total. The Balaban J connectivity index is 1.33. The zero-order valence-corrected chi connectivity index (χ0v) is 27.8. The first-order chi connectivity index (χ1) is 23.5. The molecule has 0 unspecified atom stereocenters. The molecular formula is C41H38ClN3O3. The van der Waals surface area contributed by atoms with Crippen LogP contribution in [0.4, 0.5) is 5.69 Å². The van der Waals surface area contributed by atoms with Crippen LogP contribution in [0.2, 0.25) is 5.02 Å². The number of aromatic nitrogens is 2. The van der Waals surface area contributed by atoms with E-state index in [0.717, 1.165) is 94.6 Å². The van der Waals surface area contributed by atoms with Crippen LogP contribution in [0.3, 0.4) is 0 Å². The number of aryl methyl sites for hydroxylation is 1. The fourth-order valence-electron chi connectivity index (χ4n) is 7.93. The van der Waals surface area contributed by atoms with Gasteiger partial charge in [-0.05, 0) is 109 Å². The predicted molar refractivity (Wildman–Crippen MR) is 196 cm³/mol. The molecular weight excluding hydrogens is 618 g/mol. The van der Waals surface area contributed by atoms with Crippen LogP contribution < -0.4 is 10.1 Å². The van der Waals surface area contributed by atoms with Crippen LogP contribution in [-0.2, 0) is 6.54 Å². The number of anilines is 1. The second-order valence-electron chi connectivity index (χ2n) is 13.1. The van der Waals surface area contributed by atoms with Gasteiger partial charge in [-0.2, -0.15) is 0 Å². The maximum atomic E-state index is 12.1. The van der Waals surface area contributed by atoms with Gasteiger partial charge >= 0.3 is 5.97 Å². The molecule has 0 spiro atoms. The van der Waals surface area contributed by atoms with Gasteiger partial charge in [-0.15, -0.1) is 0 Å². The lowest BCUT2D eigenvalue weighted by molar-refractivity contribution is 0.0697. The minimum absolute atomic E-state index is 0.335. The van der Waals surface area contributed by atoms with Crippen molar-refractivity contribution in [2.45, 2.75) is 57.4 Å². The monoisotopic (exact) mass is 655 g/mol. The normalized spacial score (nSPS) is 15.2. The van der Waals surface area contributed by atoms with Gasteiger partial charge in [0.05, 0.1) is 35.3 Å². The average Bonchev–Trinajstić information content (AvgIpc) is 3.48. The molecule has 7 heteroatoms. The van der Waals surface area contributed by atoms with Gasteiger partial charge in [0.15, 0.2) is 0 Å². The fourth-order valence-corrected chi connectivity index (χ4v) is 8.06. The molecule has 1 saturated carbocycles. The van der Waals surface area contributed by atoms with E-state index >= 15 is 0 Å². The molecule has 2 aliphatic rings. The van der Waals surface area contributed by atoms with Crippen molar-refractivity contribution in [2.24, 2.45) is 0 Å². The number of nitrogens with zero attached hydrogens (tertiary/aromatic N) is 2. The Morgan fingerprint density at radius 1 is 0.854 bits per heavy atom. The van der Waals surface area contributed by atoms with Gasteiger partial charge in [0.2, 0.25) is 0 Å². The third-order valence-electron chi connectivity index (χ3n) is 10.3. The van der Waals surface area contributed by atoms with Gasteiger partial charge in [-0.25, -0.2) is 9.78 Å². The second kappa shape index (κ2) is 12.7. The van der Waals surface area contributed by atoms with E-state index in [4.69, 9.17) is 21.3 Å². The van der Waals surface area contributed by atoms with Crippen molar-refractivity contribution in [2.75, 3.05) is 19.0 Å². The van der Waals surface area contributed by atoms with Crippen LogP contribution in [0.15, 0.2) is 84.9 Å². The zero-order chi connectivity index (χ0) is 32.8. The van der Waals surface area contributed by atoms with Crippen molar-refractivity contribution in [3.8, 4) is 39.4 Å². The highest BCUT2D eigenvalue weighted by molar-refractivity contribution is 6.30. The van der Waals surface area contributed by atoms with Crippen LogP contribution in [0.1, 0.15) is 66.8 Å². The lowest BCUT2D eigenvalue weighted by Gasteiger charge is -2.24. The summed E-state index contributed by atoms with van der Waals surface area (Å²) in [5.41, 5.74) is 11.1. The van der Waals surface area contributed by atoms with E-state index in [-0.39, 0.29) is 0 Å². The summed E-state index contributed by atoms with van der Waals surface area (Å²) in [5, 5.41) is 16.7. The number of nitrogens with one attached hydrogen (secondary N) is 1. The van der Waals surface area contributed by atoms with Crippen molar-refractivity contribution in [1.82, 2.24) is 9.55 Å². The lowest BCUT2D eigenvalue weighted by atomic mass is 9.81. The first-order valence-electron chi connectivity index (χ1n) is 17.0. The van der Waals surface area contributed by atoms with Gasteiger partial charge in [0, 0.05) is 45.5 Å². The van der Waals surface area contributed by atoms with E-state index in [0.29, 0.717) is 16.5 Å². The maximum Gasteiger partial charge on any atom is 0.335 e. The molecule has 0 atom stereocenters. The number of benzene rings is 4.